The van der Waals surface area contributed by atoms with Crippen LogP contribution in [0.3, 0.4) is 0 Å². The minimum atomic E-state index is -0.300. The van der Waals surface area contributed by atoms with E-state index in [1.165, 1.54) is 0 Å². The number of rotatable bonds is 8. The monoisotopic (exact) mass is 385 g/mol. The van der Waals surface area contributed by atoms with Crippen LogP contribution in [0.5, 0.6) is 0 Å². The fourth-order valence-electron chi connectivity index (χ4n) is 3.14. The molecule has 28 heavy (non-hydrogen) atoms. The van der Waals surface area contributed by atoms with Gasteiger partial charge in [0.2, 0.25) is 0 Å². The van der Waals surface area contributed by atoms with Gasteiger partial charge in [-0.25, -0.2) is 0 Å². The van der Waals surface area contributed by atoms with Crippen LogP contribution in [0.4, 0.5) is 11.4 Å². The van der Waals surface area contributed by atoms with Crippen LogP contribution in [0, 0.1) is 0 Å². The first-order valence-corrected chi connectivity index (χ1v) is 9.63. The van der Waals surface area contributed by atoms with Gasteiger partial charge >= 0.3 is 0 Å². The van der Waals surface area contributed by atoms with Crippen molar-refractivity contribution in [2.45, 2.75) is 58.3 Å². The molecular formula is C21H31N5O2. The van der Waals surface area contributed by atoms with Crippen molar-refractivity contribution < 1.29 is 9.47 Å². The Morgan fingerprint density at radius 3 is 1.93 bits per heavy atom. The van der Waals surface area contributed by atoms with Gasteiger partial charge in [0.25, 0.3) is 0 Å². The number of ether oxygens (including phenoxy) is 2. The van der Waals surface area contributed by atoms with Crippen LogP contribution in [-0.2, 0) is 16.0 Å². The van der Waals surface area contributed by atoms with Crippen molar-refractivity contribution in [2.75, 3.05) is 25.2 Å². The molecule has 0 fully saturated rings. The molecule has 0 amide bonds. The molecule has 3 rings (SSSR count). The number of hydrogen-bond donors (Lipinski definition) is 2. The maximum atomic E-state index is 6.33. The van der Waals surface area contributed by atoms with Crippen molar-refractivity contribution in [3.8, 4) is 0 Å². The summed E-state index contributed by atoms with van der Waals surface area (Å²) in [5.41, 5.74) is 14.7. The highest BCUT2D eigenvalue weighted by Gasteiger charge is 2.23. The standard InChI is InChI=1S/C21H31N5O2/c1-20(2,27-5)11-13-28-21(3,4)10-12-26-24-18-16(22)14-8-6-7-9-15(14)17(23)19(18)25-26/h6-9H,10-13,22-23H2,1-5H3. The summed E-state index contributed by atoms with van der Waals surface area (Å²) < 4.78 is 11.5. The lowest BCUT2D eigenvalue weighted by Crippen LogP contribution is -2.31. The summed E-state index contributed by atoms with van der Waals surface area (Å²) in [5, 5.41) is 11.0. The van der Waals surface area contributed by atoms with Crippen molar-refractivity contribution >= 4 is 33.2 Å². The van der Waals surface area contributed by atoms with Crippen LogP contribution in [0.2, 0.25) is 0 Å². The van der Waals surface area contributed by atoms with E-state index in [2.05, 4.69) is 37.9 Å². The normalized spacial score (nSPS) is 12.9. The molecule has 0 saturated heterocycles. The number of nitrogen functional groups attached to an aromatic ring is 2. The Balaban J connectivity index is 1.73. The minimum Gasteiger partial charge on any atom is -0.396 e. The maximum absolute atomic E-state index is 6.33. The maximum Gasteiger partial charge on any atom is 0.138 e. The molecule has 0 bridgehead atoms. The van der Waals surface area contributed by atoms with E-state index in [1.54, 1.807) is 11.9 Å². The van der Waals surface area contributed by atoms with Gasteiger partial charge in [-0.2, -0.15) is 15.0 Å². The van der Waals surface area contributed by atoms with Gasteiger partial charge in [0.15, 0.2) is 0 Å². The molecular weight excluding hydrogens is 354 g/mol. The van der Waals surface area contributed by atoms with Crippen molar-refractivity contribution in [1.29, 1.82) is 0 Å². The number of aryl methyl sites for hydroxylation is 1. The molecule has 0 aliphatic heterocycles. The van der Waals surface area contributed by atoms with Crippen LogP contribution >= 0.6 is 0 Å². The van der Waals surface area contributed by atoms with Gasteiger partial charge in [0, 0.05) is 17.9 Å². The molecule has 4 N–H and O–H groups in total. The highest BCUT2D eigenvalue weighted by molar-refractivity contribution is 6.15. The molecule has 0 atom stereocenters. The van der Waals surface area contributed by atoms with Crippen molar-refractivity contribution in [3.63, 3.8) is 0 Å². The summed E-state index contributed by atoms with van der Waals surface area (Å²) >= 11 is 0. The molecule has 3 aromatic rings. The average molecular weight is 386 g/mol. The van der Waals surface area contributed by atoms with Crippen LogP contribution < -0.4 is 11.5 Å². The number of fused-ring (bicyclic) bond motifs is 2. The molecule has 0 saturated carbocycles. The number of anilines is 2. The van der Waals surface area contributed by atoms with Crippen LogP contribution in [0.1, 0.15) is 40.5 Å². The van der Waals surface area contributed by atoms with Crippen LogP contribution in [-0.4, -0.2) is 39.9 Å². The lowest BCUT2D eigenvalue weighted by Gasteiger charge is -2.28. The molecule has 0 unspecified atom stereocenters. The molecule has 7 nitrogen and oxygen atoms in total. The van der Waals surface area contributed by atoms with E-state index in [9.17, 15) is 0 Å². The lowest BCUT2D eigenvalue weighted by atomic mass is 10.0. The predicted octanol–water partition coefficient (Wildman–Crippen LogP) is 3.75. The van der Waals surface area contributed by atoms with Gasteiger partial charge < -0.3 is 20.9 Å². The third kappa shape index (κ3) is 4.20. The lowest BCUT2D eigenvalue weighted by molar-refractivity contribution is -0.0631. The van der Waals surface area contributed by atoms with Gasteiger partial charge in [-0.1, -0.05) is 24.3 Å². The Morgan fingerprint density at radius 1 is 0.893 bits per heavy atom. The average Bonchev–Trinajstić information content (AvgIpc) is 3.09. The van der Waals surface area contributed by atoms with Gasteiger partial charge in [0.1, 0.15) is 11.0 Å². The first-order chi connectivity index (χ1) is 13.1. The van der Waals surface area contributed by atoms with E-state index in [4.69, 9.17) is 20.9 Å². The second kappa shape index (κ2) is 7.56. The zero-order valence-corrected chi connectivity index (χ0v) is 17.5. The summed E-state index contributed by atoms with van der Waals surface area (Å²) in [7, 11) is 1.72. The summed E-state index contributed by atoms with van der Waals surface area (Å²) in [4.78, 5) is 1.67. The molecule has 152 valence electrons. The van der Waals surface area contributed by atoms with E-state index >= 15 is 0 Å². The molecule has 2 aromatic carbocycles. The Labute approximate surface area is 166 Å². The zero-order chi connectivity index (χ0) is 20.5. The highest BCUT2D eigenvalue weighted by atomic mass is 16.5. The number of aromatic nitrogens is 3. The molecule has 7 heteroatoms. The summed E-state index contributed by atoms with van der Waals surface area (Å²) in [6.07, 6.45) is 1.59. The van der Waals surface area contributed by atoms with Gasteiger partial charge in [0.05, 0.1) is 35.7 Å². The predicted molar refractivity (Wildman–Crippen MR) is 114 cm³/mol. The zero-order valence-electron chi connectivity index (χ0n) is 17.5. The largest absolute Gasteiger partial charge is 0.396 e. The van der Waals surface area contributed by atoms with E-state index < -0.39 is 0 Å². The third-order valence-electron chi connectivity index (χ3n) is 5.34. The topological polar surface area (TPSA) is 101 Å². The van der Waals surface area contributed by atoms with Gasteiger partial charge in [-0.15, -0.1) is 0 Å². The minimum absolute atomic E-state index is 0.186. The number of benzene rings is 2. The SMILES string of the molecule is COC(C)(C)CCOC(C)(C)CCn1nc2c(N)c3ccccc3c(N)c2n1. The van der Waals surface area contributed by atoms with E-state index in [-0.39, 0.29) is 11.2 Å². The molecule has 0 aliphatic rings. The number of methoxy groups -OCH3 is 1. The van der Waals surface area contributed by atoms with Gasteiger partial charge in [-0.3, -0.25) is 0 Å². The van der Waals surface area contributed by atoms with E-state index in [0.29, 0.717) is 35.6 Å². The van der Waals surface area contributed by atoms with Crippen molar-refractivity contribution in [1.82, 2.24) is 15.0 Å². The number of hydrogen-bond acceptors (Lipinski definition) is 6. The Bertz CT molecular complexity index is 919. The summed E-state index contributed by atoms with van der Waals surface area (Å²) in [6.45, 7) is 9.51. The fourth-order valence-corrected chi connectivity index (χ4v) is 3.14. The van der Waals surface area contributed by atoms with Crippen molar-refractivity contribution in [2.24, 2.45) is 0 Å². The van der Waals surface area contributed by atoms with Crippen molar-refractivity contribution in [3.05, 3.63) is 24.3 Å². The Morgan fingerprint density at radius 2 is 1.43 bits per heavy atom. The molecule has 0 aliphatic carbocycles. The smallest absolute Gasteiger partial charge is 0.138 e. The molecule has 0 radical (unpaired) electrons. The summed E-state index contributed by atoms with van der Waals surface area (Å²) in [5.74, 6) is 0. The van der Waals surface area contributed by atoms with Crippen LogP contribution in [0.15, 0.2) is 24.3 Å². The third-order valence-corrected chi connectivity index (χ3v) is 5.34. The van der Waals surface area contributed by atoms with Crippen LogP contribution in [0.25, 0.3) is 21.8 Å². The first kappa shape index (κ1) is 20.4. The molecule has 0 spiro atoms. The Hall–Kier alpha value is -2.38. The fraction of sp³-hybridized carbons (Fsp3) is 0.524. The first-order valence-electron chi connectivity index (χ1n) is 9.63. The Kier molecular flexibility index (Phi) is 5.50. The van der Waals surface area contributed by atoms with Gasteiger partial charge in [-0.05, 0) is 40.5 Å². The molecule has 1 aromatic heterocycles. The second-order valence-corrected chi connectivity index (χ2v) is 8.44. The highest BCUT2D eigenvalue weighted by Crippen LogP contribution is 2.34. The van der Waals surface area contributed by atoms with E-state index in [1.807, 2.05) is 24.3 Å². The number of nitrogens with two attached hydrogens (primary N) is 2. The second-order valence-electron chi connectivity index (χ2n) is 8.44. The summed E-state index contributed by atoms with van der Waals surface area (Å²) in [6, 6.07) is 7.80. The molecule has 1 heterocycles. The van der Waals surface area contributed by atoms with E-state index in [0.717, 1.165) is 23.6 Å². The quantitative estimate of drug-likeness (QED) is 0.452. The number of nitrogens with zero attached hydrogens (tertiary/aromatic N) is 3.